The van der Waals surface area contributed by atoms with Gasteiger partial charge in [-0.1, -0.05) is 30.9 Å². The molecule has 0 aliphatic carbocycles. The number of allylic oxidation sites excluding steroid dienone is 2. The van der Waals surface area contributed by atoms with Crippen molar-refractivity contribution in [3.05, 3.63) is 65.8 Å². The number of carbonyl (C=O) groups excluding carboxylic acids is 2. The Bertz CT molecular complexity index is 785. The quantitative estimate of drug-likeness (QED) is 0.468. The fourth-order valence-electron chi connectivity index (χ4n) is 2.65. The highest BCUT2D eigenvalue weighted by Crippen LogP contribution is 2.33. The van der Waals surface area contributed by atoms with E-state index in [4.69, 9.17) is 4.74 Å². The summed E-state index contributed by atoms with van der Waals surface area (Å²) in [5.41, 5.74) is 3.64. The predicted molar refractivity (Wildman–Crippen MR) is 89.3 cm³/mol. The topological polar surface area (TPSA) is 43.4 Å². The minimum Gasteiger partial charge on any atom is -0.465 e. The summed E-state index contributed by atoms with van der Waals surface area (Å²) in [5.74, 6) is -0.459. The highest BCUT2D eigenvalue weighted by Gasteiger charge is 2.18. The van der Waals surface area contributed by atoms with Gasteiger partial charge >= 0.3 is 5.97 Å². The van der Waals surface area contributed by atoms with E-state index in [1.807, 2.05) is 19.1 Å². The van der Waals surface area contributed by atoms with Crippen LogP contribution in [-0.2, 0) is 4.74 Å². The number of methoxy groups -OCH3 is 1. The molecule has 0 saturated heterocycles. The van der Waals surface area contributed by atoms with Gasteiger partial charge in [-0.25, -0.2) is 4.79 Å². The molecule has 0 spiro atoms. The van der Waals surface area contributed by atoms with E-state index < -0.39 is 5.97 Å². The summed E-state index contributed by atoms with van der Waals surface area (Å²) < 4.78 is 4.84. The molecule has 0 amide bonds. The molecule has 0 aliphatic rings. The van der Waals surface area contributed by atoms with Crippen LogP contribution < -0.4 is 0 Å². The van der Waals surface area contributed by atoms with Crippen LogP contribution in [0.5, 0.6) is 0 Å². The Labute approximate surface area is 129 Å². The maximum Gasteiger partial charge on any atom is 0.338 e. The van der Waals surface area contributed by atoms with Crippen molar-refractivity contribution in [1.29, 1.82) is 0 Å². The summed E-state index contributed by atoms with van der Waals surface area (Å²) in [6.45, 7) is 9.76. The minimum absolute atomic E-state index is 0.387. The number of aryl methyl sites for hydroxylation is 1. The number of hydrogen-bond acceptors (Lipinski definition) is 3. The van der Waals surface area contributed by atoms with Gasteiger partial charge in [0.05, 0.1) is 12.7 Å². The second-order valence-electron chi connectivity index (χ2n) is 5.09. The van der Waals surface area contributed by atoms with Crippen molar-refractivity contribution in [2.24, 2.45) is 0 Å². The van der Waals surface area contributed by atoms with Gasteiger partial charge in [-0.3, -0.25) is 4.79 Å². The Morgan fingerprint density at radius 1 is 1.18 bits per heavy atom. The number of carbonyl (C=O) groups is 2. The molecule has 0 aliphatic heterocycles. The lowest BCUT2D eigenvalue weighted by atomic mass is 9.89. The summed E-state index contributed by atoms with van der Waals surface area (Å²) in [5, 5.41) is 1.48. The molecule has 3 heteroatoms. The molecule has 2 rings (SSSR count). The molecule has 2 aromatic rings. The number of ether oxygens (including phenoxy) is 1. The first kappa shape index (κ1) is 15.7. The van der Waals surface area contributed by atoms with Crippen molar-refractivity contribution in [1.82, 2.24) is 0 Å². The van der Waals surface area contributed by atoms with Crippen molar-refractivity contribution in [2.45, 2.75) is 13.3 Å². The van der Waals surface area contributed by atoms with Crippen LogP contribution in [0.2, 0.25) is 0 Å². The molecule has 0 bridgehead atoms. The van der Waals surface area contributed by atoms with Crippen LogP contribution >= 0.6 is 0 Å². The SMILES string of the molecule is C=CCC(=C)c1ccc(C(=O)OC)c2c(C=O)ccc(C)c12. The second-order valence-corrected chi connectivity index (χ2v) is 5.09. The third-order valence-electron chi connectivity index (χ3n) is 3.71. The summed E-state index contributed by atoms with van der Waals surface area (Å²) in [7, 11) is 1.33. The van der Waals surface area contributed by atoms with Gasteiger partial charge in [-0.15, -0.1) is 6.58 Å². The van der Waals surface area contributed by atoms with Crippen LogP contribution in [0.4, 0.5) is 0 Å². The number of fused-ring (bicyclic) bond motifs is 1. The fourth-order valence-corrected chi connectivity index (χ4v) is 2.65. The highest BCUT2D eigenvalue weighted by molar-refractivity contribution is 6.14. The first-order chi connectivity index (χ1) is 10.5. The summed E-state index contributed by atoms with van der Waals surface area (Å²) >= 11 is 0. The van der Waals surface area contributed by atoms with E-state index in [-0.39, 0.29) is 0 Å². The molecule has 0 radical (unpaired) electrons. The molecule has 0 N–H and O–H groups in total. The zero-order valence-electron chi connectivity index (χ0n) is 12.8. The largest absolute Gasteiger partial charge is 0.465 e. The van der Waals surface area contributed by atoms with Crippen molar-refractivity contribution >= 4 is 28.6 Å². The monoisotopic (exact) mass is 294 g/mol. The Kier molecular flexibility index (Phi) is 4.56. The van der Waals surface area contributed by atoms with Crippen molar-refractivity contribution in [3.8, 4) is 0 Å². The Hall–Kier alpha value is -2.68. The van der Waals surface area contributed by atoms with Crippen LogP contribution in [0.25, 0.3) is 16.3 Å². The standard InChI is InChI=1S/C19H18O3/c1-5-6-12(2)15-9-10-16(19(21)22-4)18-14(11-20)8-7-13(3)17(15)18/h5,7-11H,1-2,6H2,3-4H3. The van der Waals surface area contributed by atoms with Crippen LogP contribution in [0.3, 0.4) is 0 Å². The van der Waals surface area contributed by atoms with Crippen molar-refractivity contribution < 1.29 is 14.3 Å². The lowest BCUT2D eigenvalue weighted by molar-refractivity contribution is 0.0603. The maximum atomic E-state index is 12.0. The third-order valence-corrected chi connectivity index (χ3v) is 3.71. The van der Waals surface area contributed by atoms with E-state index in [9.17, 15) is 9.59 Å². The van der Waals surface area contributed by atoms with Gasteiger partial charge in [0.1, 0.15) is 0 Å². The lowest BCUT2D eigenvalue weighted by Crippen LogP contribution is -2.05. The predicted octanol–water partition coefficient (Wildman–Crippen LogP) is 4.34. The first-order valence-corrected chi connectivity index (χ1v) is 6.94. The molecule has 3 nitrogen and oxygen atoms in total. The average Bonchev–Trinajstić information content (AvgIpc) is 2.53. The Morgan fingerprint density at radius 2 is 1.86 bits per heavy atom. The van der Waals surface area contributed by atoms with Gasteiger partial charge in [-0.05, 0) is 41.5 Å². The van der Waals surface area contributed by atoms with Gasteiger partial charge in [0, 0.05) is 10.9 Å². The molecule has 0 atom stereocenters. The van der Waals surface area contributed by atoms with E-state index in [1.54, 1.807) is 18.2 Å². The van der Waals surface area contributed by atoms with Gasteiger partial charge in [0.25, 0.3) is 0 Å². The molecule has 0 saturated carbocycles. The molecule has 112 valence electrons. The molecule has 0 unspecified atom stereocenters. The third kappa shape index (κ3) is 2.58. The zero-order chi connectivity index (χ0) is 16.3. The van der Waals surface area contributed by atoms with Crippen LogP contribution in [0.1, 0.15) is 38.3 Å². The smallest absolute Gasteiger partial charge is 0.338 e. The number of benzene rings is 2. The number of rotatable bonds is 5. The average molecular weight is 294 g/mol. The zero-order valence-corrected chi connectivity index (χ0v) is 12.8. The van der Waals surface area contributed by atoms with Gasteiger partial charge in [0.15, 0.2) is 6.29 Å². The Balaban J connectivity index is 2.93. The van der Waals surface area contributed by atoms with E-state index in [0.29, 0.717) is 22.9 Å². The molecule has 0 fully saturated rings. The van der Waals surface area contributed by atoms with Crippen molar-refractivity contribution in [2.75, 3.05) is 7.11 Å². The summed E-state index contributed by atoms with van der Waals surface area (Å²) in [4.78, 5) is 23.4. The van der Waals surface area contributed by atoms with E-state index in [2.05, 4.69) is 13.2 Å². The molecule has 2 aromatic carbocycles. The van der Waals surface area contributed by atoms with Gasteiger partial charge in [-0.2, -0.15) is 0 Å². The molecule has 22 heavy (non-hydrogen) atoms. The van der Waals surface area contributed by atoms with Gasteiger partial charge < -0.3 is 4.74 Å². The summed E-state index contributed by atoms with van der Waals surface area (Å²) in [6.07, 6.45) is 3.17. The number of aldehydes is 1. The number of esters is 1. The minimum atomic E-state index is -0.459. The van der Waals surface area contributed by atoms with Gasteiger partial charge in [0.2, 0.25) is 0 Å². The first-order valence-electron chi connectivity index (χ1n) is 6.94. The number of hydrogen-bond donors (Lipinski definition) is 0. The normalized spacial score (nSPS) is 10.3. The van der Waals surface area contributed by atoms with E-state index in [1.165, 1.54) is 7.11 Å². The fraction of sp³-hybridized carbons (Fsp3) is 0.158. The molecular formula is C19H18O3. The molecule has 0 aromatic heterocycles. The summed E-state index contributed by atoms with van der Waals surface area (Å²) in [6, 6.07) is 7.13. The van der Waals surface area contributed by atoms with Crippen molar-refractivity contribution in [3.63, 3.8) is 0 Å². The maximum absolute atomic E-state index is 12.0. The van der Waals surface area contributed by atoms with E-state index in [0.717, 1.165) is 28.4 Å². The van der Waals surface area contributed by atoms with E-state index >= 15 is 0 Å². The lowest BCUT2D eigenvalue weighted by Gasteiger charge is -2.15. The molecular weight excluding hydrogens is 276 g/mol. The van der Waals surface area contributed by atoms with Crippen LogP contribution in [0.15, 0.2) is 43.5 Å². The van der Waals surface area contributed by atoms with Crippen LogP contribution in [0, 0.1) is 6.92 Å². The Morgan fingerprint density at radius 3 is 2.45 bits per heavy atom. The highest BCUT2D eigenvalue weighted by atomic mass is 16.5. The van der Waals surface area contributed by atoms with Crippen LogP contribution in [-0.4, -0.2) is 19.4 Å². The molecule has 0 heterocycles. The second kappa shape index (κ2) is 6.39.